The molecule has 2 aromatic carbocycles. The lowest BCUT2D eigenvalue weighted by molar-refractivity contribution is -0.124. The number of fused-ring (bicyclic) bond motifs is 1. The fourth-order valence-corrected chi connectivity index (χ4v) is 9.53. The first-order valence-corrected chi connectivity index (χ1v) is 12.6. The Balaban J connectivity index is 1.91. The standard InChI is InChI=1S/C22H22O5S2/c1-16-15-22(29(26,27)18-11-6-3-7-12-18)19(13-8-14-20(22)23)21(16)28(24,25)17-9-4-2-5-10-17/h2-7,9-12,19,21H,1,8,13-15H2/t19-,21-,22-/m0/s1. The Kier molecular flexibility index (Phi) is 4.78. The Hall–Kier alpha value is -2.25. The van der Waals surface area contributed by atoms with Crippen molar-refractivity contribution in [3.05, 3.63) is 72.8 Å². The van der Waals surface area contributed by atoms with Gasteiger partial charge in [-0.05, 0) is 43.5 Å². The van der Waals surface area contributed by atoms with Crippen LogP contribution in [-0.4, -0.2) is 32.6 Å². The summed E-state index contributed by atoms with van der Waals surface area (Å²) in [6.07, 6.45) is 0.815. The first kappa shape index (κ1) is 20.0. The van der Waals surface area contributed by atoms with Crippen molar-refractivity contribution in [1.82, 2.24) is 0 Å². The van der Waals surface area contributed by atoms with Crippen molar-refractivity contribution in [1.29, 1.82) is 0 Å². The summed E-state index contributed by atoms with van der Waals surface area (Å²) in [4.78, 5) is 13.3. The van der Waals surface area contributed by atoms with Gasteiger partial charge in [-0.3, -0.25) is 4.79 Å². The summed E-state index contributed by atoms with van der Waals surface area (Å²) in [5.74, 6) is -1.24. The highest BCUT2D eigenvalue weighted by Gasteiger charge is 2.66. The number of hydrogen-bond donors (Lipinski definition) is 0. The zero-order valence-corrected chi connectivity index (χ0v) is 17.5. The molecule has 7 heteroatoms. The van der Waals surface area contributed by atoms with Crippen LogP contribution in [0.15, 0.2) is 82.6 Å². The van der Waals surface area contributed by atoms with E-state index < -0.39 is 41.4 Å². The Morgan fingerprint density at radius 2 is 1.41 bits per heavy atom. The van der Waals surface area contributed by atoms with Crippen LogP contribution in [0, 0.1) is 5.92 Å². The van der Waals surface area contributed by atoms with E-state index in [1.807, 2.05) is 0 Å². The molecule has 4 rings (SSSR count). The van der Waals surface area contributed by atoms with Gasteiger partial charge in [0.1, 0.15) is 4.75 Å². The number of rotatable bonds is 4. The van der Waals surface area contributed by atoms with E-state index in [2.05, 4.69) is 6.58 Å². The van der Waals surface area contributed by atoms with Gasteiger partial charge in [0, 0.05) is 12.3 Å². The predicted octanol–water partition coefficient (Wildman–Crippen LogP) is 3.37. The van der Waals surface area contributed by atoms with Gasteiger partial charge in [0.2, 0.25) is 0 Å². The summed E-state index contributed by atoms with van der Waals surface area (Å²) >= 11 is 0. The second kappa shape index (κ2) is 6.92. The minimum atomic E-state index is -4.09. The monoisotopic (exact) mass is 430 g/mol. The van der Waals surface area contributed by atoms with Gasteiger partial charge in [-0.15, -0.1) is 0 Å². The largest absolute Gasteiger partial charge is 0.298 e. The quantitative estimate of drug-likeness (QED) is 0.694. The highest BCUT2D eigenvalue weighted by molar-refractivity contribution is 7.94. The number of carbonyl (C=O) groups is 1. The Labute approximate surface area is 171 Å². The molecule has 152 valence electrons. The number of benzene rings is 2. The second-order valence-electron chi connectivity index (χ2n) is 7.74. The van der Waals surface area contributed by atoms with Crippen molar-refractivity contribution in [2.75, 3.05) is 0 Å². The summed E-state index contributed by atoms with van der Waals surface area (Å²) in [6, 6.07) is 15.8. The van der Waals surface area contributed by atoms with Crippen molar-refractivity contribution in [3.63, 3.8) is 0 Å². The van der Waals surface area contributed by atoms with Crippen LogP contribution < -0.4 is 0 Å². The third-order valence-corrected chi connectivity index (χ3v) is 11.0. The second-order valence-corrected chi connectivity index (χ2v) is 12.0. The van der Waals surface area contributed by atoms with Crippen molar-refractivity contribution in [3.8, 4) is 0 Å². The zero-order valence-electron chi connectivity index (χ0n) is 15.8. The Bertz CT molecular complexity index is 1170. The molecule has 0 saturated heterocycles. The molecule has 2 aliphatic rings. The van der Waals surface area contributed by atoms with Gasteiger partial charge < -0.3 is 0 Å². The SMILES string of the molecule is C=C1C[C@@]2(S(=O)(=O)c3ccccc3)C(=O)CCC[C@H]2[C@H]1S(=O)(=O)c1ccccc1. The maximum absolute atomic E-state index is 13.7. The fraction of sp³-hybridized carbons (Fsp3) is 0.318. The van der Waals surface area contributed by atoms with Gasteiger partial charge in [0.15, 0.2) is 25.5 Å². The first-order valence-electron chi connectivity index (χ1n) is 9.52. The van der Waals surface area contributed by atoms with Crippen LogP contribution in [-0.2, 0) is 24.5 Å². The van der Waals surface area contributed by atoms with Gasteiger partial charge in [0.05, 0.1) is 15.0 Å². The van der Waals surface area contributed by atoms with Gasteiger partial charge in [-0.25, -0.2) is 16.8 Å². The maximum atomic E-state index is 13.7. The van der Waals surface area contributed by atoms with Crippen molar-refractivity contribution >= 4 is 25.5 Å². The molecule has 0 unspecified atom stereocenters. The summed E-state index contributed by atoms with van der Waals surface area (Å²) in [7, 11) is -7.97. The van der Waals surface area contributed by atoms with E-state index in [-0.39, 0.29) is 22.6 Å². The van der Waals surface area contributed by atoms with Crippen LogP contribution in [0.5, 0.6) is 0 Å². The molecule has 0 bridgehead atoms. The molecule has 0 amide bonds. The number of hydrogen-bond acceptors (Lipinski definition) is 5. The molecule has 2 fully saturated rings. The van der Waals surface area contributed by atoms with Crippen LogP contribution in [0.4, 0.5) is 0 Å². The lowest BCUT2D eigenvalue weighted by atomic mass is 9.79. The third kappa shape index (κ3) is 2.82. The Morgan fingerprint density at radius 1 is 0.862 bits per heavy atom. The maximum Gasteiger partial charge on any atom is 0.191 e. The lowest BCUT2D eigenvalue weighted by Crippen LogP contribution is -2.54. The molecule has 0 spiro atoms. The number of carbonyl (C=O) groups excluding carboxylic acids is 1. The molecule has 0 aromatic heterocycles. The van der Waals surface area contributed by atoms with Gasteiger partial charge in [0.25, 0.3) is 0 Å². The number of ketones is 1. The fourth-order valence-electron chi connectivity index (χ4n) is 4.93. The van der Waals surface area contributed by atoms with E-state index in [9.17, 15) is 21.6 Å². The molecular formula is C22H22O5S2. The van der Waals surface area contributed by atoms with Crippen LogP contribution in [0.1, 0.15) is 25.7 Å². The van der Waals surface area contributed by atoms with E-state index in [4.69, 9.17) is 0 Å². The highest BCUT2D eigenvalue weighted by Crippen LogP contribution is 2.55. The minimum absolute atomic E-state index is 0.0470. The summed E-state index contributed by atoms with van der Waals surface area (Å²) < 4.78 is 52.5. The van der Waals surface area contributed by atoms with E-state index in [1.165, 1.54) is 24.3 Å². The van der Waals surface area contributed by atoms with Crippen LogP contribution in [0.2, 0.25) is 0 Å². The van der Waals surface area contributed by atoms with E-state index in [0.717, 1.165) is 0 Å². The molecular weight excluding hydrogens is 408 g/mol. The van der Waals surface area contributed by atoms with Gasteiger partial charge >= 0.3 is 0 Å². The van der Waals surface area contributed by atoms with E-state index in [0.29, 0.717) is 18.4 Å². The summed E-state index contributed by atoms with van der Waals surface area (Å²) in [5, 5.41) is -1.09. The molecule has 3 atom stereocenters. The third-order valence-electron chi connectivity index (χ3n) is 6.19. The van der Waals surface area contributed by atoms with Crippen LogP contribution in [0.25, 0.3) is 0 Å². The minimum Gasteiger partial charge on any atom is -0.298 e. The topological polar surface area (TPSA) is 85.3 Å². The van der Waals surface area contributed by atoms with Gasteiger partial charge in [-0.2, -0.15) is 0 Å². The average molecular weight is 431 g/mol. The van der Waals surface area contributed by atoms with Crippen molar-refractivity contribution < 1.29 is 21.6 Å². The molecule has 0 radical (unpaired) electrons. The van der Waals surface area contributed by atoms with E-state index in [1.54, 1.807) is 36.4 Å². The molecule has 0 heterocycles. The van der Waals surface area contributed by atoms with Crippen molar-refractivity contribution in [2.45, 2.75) is 45.5 Å². The normalized spacial score (nSPS) is 27.6. The molecule has 2 aliphatic carbocycles. The zero-order chi connectivity index (χ0) is 20.9. The predicted molar refractivity (Wildman–Crippen MR) is 110 cm³/mol. The van der Waals surface area contributed by atoms with Crippen LogP contribution in [0.3, 0.4) is 0 Å². The first-order chi connectivity index (χ1) is 13.7. The number of Topliss-reactive ketones (excluding diaryl/α,β-unsaturated/α-hetero) is 1. The molecule has 5 nitrogen and oxygen atoms in total. The van der Waals surface area contributed by atoms with Crippen LogP contribution >= 0.6 is 0 Å². The molecule has 2 aromatic rings. The summed E-state index contributed by atoms with van der Waals surface area (Å²) in [5.41, 5.74) is 0.300. The van der Waals surface area contributed by atoms with Gasteiger partial charge in [-0.1, -0.05) is 48.6 Å². The molecule has 0 N–H and O–H groups in total. The smallest absolute Gasteiger partial charge is 0.191 e. The Morgan fingerprint density at radius 3 is 2.00 bits per heavy atom. The van der Waals surface area contributed by atoms with E-state index >= 15 is 0 Å². The molecule has 29 heavy (non-hydrogen) atoms. The molecule has 0 aliphatic heterocycles. The summed E-state index contributed by atoms with van der Waals surface area (Å²) in [6.45, 7) is 3.94. The molecule has 2 saturated carbocycles. The average Bonchev–Trinajstić information content (AvgIpc) is 3.05. The highest BCUT2D eigenvalue weighted by atomic mass is 32.2. The lowest BCUT2D eigenvalue weighted by Gasteiger charge is -2.38. The van der Waals surface area contributed by atoms with Crippen molar-refractivity contribution in [2.24, 2.45) is 5.92 Å². The number of sulfone groups is 2.